The van der Waals surface area contributed by atoms with E-state index < -0.39 is 5.97 Å². The summed E-state index contributed by atoms with van der Waals surface area (Å²) in [4.78, 5) is 20.9. The minimum Gasteiger partial charge on any atom is -0.493 e. The van der Waals surface area contributed by atoms with E-state index in [2.05, 4.69) is 4.98 Å². The van der Waals surface area contributed by atoms with Gasteiger partial charge < -0.3 is 14.3 Å². The quantitative estimate of drug-likeness (QED) is 0.522. The largest absolute Gasteiger partial charge is 0.493 e. The van der Waals surface area contributed by atoms with E-state index in [1.165, 1.54) is 10.1 Å². The number of ether oxygens (including phenoxy) is 1. The van der Waals surface area contributed by atoms with Crippen molar-refractivity contribution in [2.45, 2.75) is 6.42 Å². The second-order valence-electron chi connectivity index (χ2n) is 6.43. The average Bonchev–Trinajstić information content (AvgIpc) is 3.17. The van der Waals surface area contributed by atoms with Crippen LogP contribution in [0, 0.1) is 0 Å². The van der Waals surface area contributed by atoms with Crippen LogP contribution in [-0.2, 0) is 16.2 Å². The molecule has 0 amide bonds. The molecule has 0 fully saturated rings. The monoisotopic (exact) mass is 397 g/mol. The summed E-state index contributed by atoms with van der Waals surface area (Å²) in [6.07, 6.45) is 2.24. The van der Waals surface area contributed by atoms with Gasteiger partial charge in [-0.05, 0) is 36.4 Å². The first-order valence-electron chi connectivity index (χ1n) is 9.08. The summed E-state index contributed by atoms with van der Waals surface area (Å²) in [7, 11) is 3.36. The Balaban J connectivity index is 1.54. The molecule has 3 aromatic rings. The van der Waals surface area contributed by atoms with Crippen LogP contribution < -0.4 is 9.80 Å². The van der Waals surface area contributed by atoms with Gasteiger partial charge in [-0.1, -0.05) is 18.2 Å². The fraction of sp³-hybridized carbons (Fsp3) is 0.238. The van der Waals surface area contributed by atoms with Gasteiger partial charge in [0.15, 0.2) is 0 Å². The molecule has 0 saturated heterocycles. The number of carboxylic acids is 1. The molecule has 0 aliphatic heterocycles. The summed E-state index contributed by atoms with van der Waals surface area (Å²) >= 11 is 0. The third-order valence-electron chi connectivity index (χ3n) is 3.86. The highest BCUT2D eigenvalue weighted by atomic mass is 16.8. The second-order valence-corrected chi connectivity index (χ2v) is 6.43. The van der Waals surface area contributed by atoms with Crippen molar-refractivity contribution < 1.29 is 24.0 Å². The van der Waals surface area contributed by atoms with Crippen molar-refractivity contribution in [1.82, 2.24) is 10.0 Å². The Bertz CT molecular complexity index is 910. The van der Waals surface area contributed by atoms with Crippen LogP contribution in [0.1, 0.15) is 5.69 Å². The Morgan fingerprint density at radius 1 is 1.10 bits per heavy atom. The zero-order valence-electron chi connectivity index (χ0n) is 16.3. The molecule has 2 aromatic carbocycles. The molecule has 3 rings (SSSR count). The highest BCUT2D eigenvalue weighted by Gasteiger charge is 2.13. The van der Waals surface area contributed by atoms with Crippen LogP contribution in [-0.4, -0.2) is 48.4 Å². The molecule has 152 valence electrons. The van der Waals surface area contributed by atoms with E-state index in [1.54, 1.807) is 44.6 Å². The molecule has 1 aromatic heterocycles. The van der Waals surface area contributed by atoms with Crippen molar-refractivity contribution in [3.8, 4) is 17.2 Å². The number of nitrogens with zero attached hydrogens (tertiary/aromatic N) is 3. The van der Waals surface area contributed by atoms with Crippen LogP contribution in [0.3, 0.4) is 0 Å². The lowest BCUT2D eigenvalue weighted by Crippen LogP contribution is -2.35. The number of hydrogen-bond donors (Lipinski definition) is 1. The lowest BCUT2D eigenvalue weighted by Gasteiger charge is -2.24. The normalized spacial score (nSPS) is 10.9. The number of benzene rings is 2. The summed E-state index contributed by atoms with van der Waals surface area (Å²) < 4.78 is 11.3. The molecule has 0 saturated carbocycles. The van der Waals surface area contributed by atoms with Crippen LogP contribution in [0.2, 0.25) is 0 Å². The summed E-state index contributed by atoms with van der Waals surface area (Å²) in [6.45, 7) is 0.154. The van der Waals surface area contributed by atoms with E-state index in [0.29, 0.717) is 30.4 Å². The third kappa shape index (κ3) is 6.06. The van der Waals surface area contributed by atoms with Gasteiger partial charge in [0.25, 0.3) is 0 Å². The number of aromatic nitrogens is 1. The smallest absolute Gasteiger partial charge is 0.325 e. The molecule has 0 atom stereocenters. The van der Waals surface area contributed by atoms with Crippen molar-refractivity contribution in [2.75, 3.05) is 32.3 Å². The van der Waals surface area contributed by atoms with Crippen LogP contribution in [0.15, 0.2) is 65.3 Å². The van der Waals surface area contributed by atoms with Crippen molar-refractivity contribution >= 4 is 11.7 Å². The summed E-state index contributed by atoms with van der Waals surface area (Å²) in [5.41, 5.74) is 2.35. The first-order chi connectivity index (χ1) is 14.0. The molecule has 8 heteroatoms. The number of hydroxylamine groups is 3. The molecular weight excluding hydrogens is 374 g/mol. The zero-order chi connectivity index (χ0) is 20.6. The number of carbonyl (C=O) groups is 1. The molecule has 0 unspecified atom stereocenters. The predicted molar refractivity (Wildman–Crippen MR) is 107 cm³/mol. The number of rotatable bonds is 10. The molecular formula is C21H23N3O5. The Hall–Kier alpha value is -3.36. The van der Waals surface area contributed by atoms with Crippen LogP contribution in [0.5, 0.6) is 5.75 Å². The van der Waals surface area contributed by atoms with Gasteiger partial charge >= 0.3 is 5.97 Å². The van der Waals surface area contributed by atoms with Gasteiger partial charge in [0, 0.05) is 26.1 Å². The minimum atomic E-state index is -0.991. The fourth-order valence-corrected chi connectivity index (χ4v) is 2.60. The maximum Gasteiger partial charge on any atom is 0.325 e. The number of aliphatic carboxylic acids is 1. The van der Waals surface area contributed by atoms with Crippen LogP contribution in [0.4, 0.5) is 5.69 Å². The fourth-order valence-electron chi connectivity index (χ4n) is 2.60. The average molecular weight is 397 g/mol. The SMILES string of the molecule is CN(C)ON(CC(=O)O)c1ccc(OCCc2coc(-c3ccccc3)n2)cc1. The summed E-state index contributed by atoms with van der Waals surface area (Å²) in [6, 6.07) is 16.7. The number of carboxylic acid groups (broad SMARTS) is 1. The van der Waals surface area contributed by atoms with Gasteiger partial charge in [-0.25, -0.2) is 10.0 Å². The second kappa shape index (κ2) is 9.72. The van der Waals surface area contributed by atoms with E-state index in [1.807, 2.05) is 30.3 Å². The van der Waals surface area contributed by atoms with Gasteiger partial charge in [-0.2, -0.15) is 10.0 Å². The van der Waals surface area contributed by atoms with Gasteiger partial charge in [0.05, 0.1) is 18.0 Å². The molecule has 0 aliphatic carbocycles. The maximum atomic E-state index is 11.0. The molecule has 0 spiro atoms. The molecule has 0 bridgehead atoms. The topological polar surface area (TPSA) is 88.3 Å². The minimum absolute atomic E-state index is 0.283. The summed E-state index contributed by atoms with van der Waals surface area (Å²) in [5, 5.41) is 11.7. The molecule has 29 heavy (non-hydrogen) atoms. The third-order valence-corrected chi connectivity index (χ3v) is 3.86. The lowest BCUT2D eigenvalue weighted by molar-refractivity contribution is -0.151. The molecule has 0 radical (unpaired) electrons. The number of oxazole rings is 1. The van der Waals surface area contributed by atoms with Crippen molar-refractivity contribution in [3.63, 3.8) is 0 Å². The van der Waals surface area contributed by atoms with Gasteiger partial charge in [0.1, 0.15) is 18.6 Å². The number of hydrogen-bond acceptors (Lipinski definition) is 7. The van der Waals surface area contributed by atoms with E-state index >= 15 is 0 Å². The van der Waals surface area contributed by atoms with Gasteiger partial charge in [0.2, 0.25) is 5.89 Å². The number of anilines is 1. The summed E-state index contributed by atoms with van der Waals surface area (Å²) in [5.74, 6) is 0.264. The standard InChI is InChI=1S/C21H23N3O5/c1-23(2)29-24(14-20(25)26)18-8-10-19(11-9-18)27-13-12-17-15-28-21(22-17)16-6-4-3-5-7-16/h3-11,15H,12-14H2,1-2H3,(H,25,26). The van der Waals surface area contributed by atoms with E-state index in [4.69, 9.17) is 19.2 Å². The highest BCUT2D eigenvalue weighted by molar-refractivity contribution is 5.73. The van der Waals surface area contributed by atoms with Crippen molar-refractivity contribution in [1.29, 1.82) is 0 Å². The lowest BCUT2D eigenvalue weighted by atomic mass is 10.2. The van der Waals surface area contributed by atoms with E-state index in [0.717, 1.165) is 11.3 Å². The Labute approximate surface area is 168 Å². The van der Waals surface area contributed by atoms with Gasteiger partial charge in [-0.15, -0.1) is 0 Å². The van der Waals surface area contributed by atoms with E-state index in [9.17, 15) is 4.79 Å². The van der Waals surface area contributed by atoms with E-state index in [-0.39, 0.29) is 6.54 Å². The molecule has 8 nitrogen and oxygen atoms in total. The molecule has 0 aliphatic rings. The Kier molecular flexibility index (Phi) is 6.83. The Morgan fingerprint density at radius 2 is 1.83 bits per heavy atom. The predicted octanol–water partition coefficient (Wildman–Crippen LogP) is 3.26. The van der Waals surface area contributed by atoms with Crippen molar-refractivity contribution in [3.05, 3.63) is 66.6 Å². The molecule has 1 heterocycles. The first kappa shape index (κ1) is 20.4. The molecule has 1 N–H and O–H groups in total. The van der Waals surface area contributed by atoms with Gasteiger partial charge in [-0.3, -0.25) is 4.79 Å². The van der Waals surface area contributed by atoms with Crippen LogP contribution >= 0.6 is 0 Å². The Morgan fingerprint density at radius 3 is 2.48 bits per heavy atom. The highest BCUT2D eigenvalue weighted by Crippen LogP contribution is 2.21. The van der Waals surface area contributed by atoms with Crippen molar-refractivity contribution in [2.24, 2.45) is 0 Å². The van der Waals surface area contributed by atoms with Crippen LogP contribution in [0.25, 0.3) is 11.5 Å². The first-order valence-corrected chi connectivity index (χ1v) is 9.08. The zero-order valence-corrected chi connectivity index (χ0v) is 16.3. The maximum absolute atomic E-state index is 11.0.